The lowest BCUT2D eigenvalue weighted by Gasteiger charge is -2.31. The van der Waals surface area contributed by atoms with E-state index in [1.807, 2.05) is 12.3 Å². The van der Waals surface area contributed by atoms with Gasteiger partial charge in [-0.05, 0) is 19.1 Å². The van der Waals surface area contributed by atoms with Crippen LogP contribution in [-0.4, -0.2) is 16.2 Å². The summed E-state index contributed by atoms with van der Waals surface area (Å²) in [7, 11) is 0. The normalized spacial score (nSPS) is 21.9. The number of rotatable bonds is 3. The molecule has 0 bridgehead atoms. The molecule has 1 saturated heterocycles. The van der Waals surface area contributed by atoms with Crippen molar-refractivity contribution >= 4 is 17.0 Å². The first-order valence-corrected chi connectivity index (χ1v) is 6.52. The van der Waals surface area contributed by atoms with Crippen LogP contribution < -0.4 is 0 Å². The van der Waals surface area contributed by atoms with Crippen LogP contribution >= 0.6 is 11.3 Å². The SMILES string of the molecule is CC1OC(c2nc(-c3ccc([N+](=O)[O-])cc3)cs2)O1. The molecule has 7 heteroatoms. The maximum Gasteiger partial charge on any atom is 0.269 e. The topological polar surface area (TPSA) is 74.5 Å². The van der Waals surface area contributed by atoms with Gasteiger partial charge in [-0.3, -0.25) is 10.1 Å². The van der Waals surface area contributed by atoms with Gasteiger partial charge in [0, 0.05) is 23.1 Å². The van der Waals surface area contributed by atoms with Crippen LogP contribution in [0, 0.1) is 10.1 Å². The van der Waals surface area contributed by atoms with Gasteiger partial charge >= 0.3 is 0 Å². The largest absolute Gasteiger partial charge is 0.317 e. The van der Waals surface area contributed by atoms with E-state index in [9.17, 15) is 10.1 Å². The Hall–Kier alpha value is -1.83. The minimum absolute atomic E-state index is 0.0682. The number of nitrogens with zero attached hydrogens (tertiary/aromatic N) is 2. The number of aromatic nitrogens is 1. The number of non-ortho nitro benzene ring substituents is 1. The van der Waals surface area contributed by atoms with Gasteiger partial charge in [0.1, 0.15) is 5.01 Å². The van der Waals surface area contributed by atoms with Crippen molar-refractivity contribution in [2.75, 3.05) is 0 Å². The fourth-order valence-corrected chi connectivity index (χ4v) is 2.55. The number of hydrogen-bond donors (Lipinski definition) is 0. The molecule has 0 saturated carbocycles. The quantitative estimate of drug-likeness (QED) is 0.637. The van der Waals surface area contributed by atoms with Gasteiger partial charge in [0.15, 0.2) is 6.29 Å². The number of thiazole rings is 1. The Kier molecular flexibility index (Phi) is 3.02. The third kappa shape index (κ3) is 2.35. The summed E-state index contributed by atoms with van der Waals surface area (Å²) >= 11 is 1.45. The highest BCUT2D eigenvalue weighted by Gasteiger charge is 2.31. The molecule has 1 fully saturated rings. The molecular weight excluding hydrogens is 268 g/mol. The van der Waals surface area contributed by atoms with E-state index in [-0.39, 0.29) is 18.3 Å². The van der Waals surface area contributed by atoms with Crippen LogP contribution in [-0.2, 0) is 9.47 Å². The van der Waals surface area contributed by atoms with Crippen LogP contribution in [0.4, 0.5) is 5.69 Å². The number of ether oxygens (including phenoxy) is 2. The molecule has 0 radical (unpaired) electrons. The molecule has 2 aromatic rings. The second-order valence-corrected chi connectivity index (χ2v) is 4.94. The van der Waals surface area contributed by atoms with Crippen LogP contribution in [0.2, 0.25) is 0 Å². The Morgan fingerprint density at radius 1 is 1.32 bits per heavy atom. The van der Waals surface area contributed by atoms with Gasteiger partial charge in [0.25, 0.3) is 5.69 Å². The van der Waals surface area contributed by atoms with Crippen molar-refractivity contribution in [3.05, 3.63) is 44.8 Å². The first-order chi connectivity index (χ1) is 9.13. The van der Waals surface area contributed by atoms with Crippen LogP contribution in [0.15, 0.2) is 29.6 Å². The lowest BCUT2D eigenvalue weighted by molar-refractivity contribution is -0.384. The summed E-state index contributed by atoms with van der Waals surface area (Å²) in [5.41, 5.74) is 1.67. The van der Waals surface area contributed by atoms with Gasteiger partial charge in [-0.2, -0.15) is 0 Å². The number of nitro benzene ring substituents is 1. The van der Waals surface area contributed by atoms with Gasteiger partial charge in [-0.15, -0.1) is 11.3 Å². The highest BCUT2D eigenvalue weighted by molar-refractivity contribution is 7.10. The van der Waals surface area contributed by atoms with Crippen molar-refractivity contribution in [2.45, 2.75) is 19.5 Å². The molecular formula is C12H10N2O4S. The van der Waals surface area contributed by atoms with Crippen molar-refractivity contribution < 1.29 is 14.4 Å². The fraction of sp³-hybridized carbons (Fsp3) is 0.250. The van der Waals surface area contributed by atoms with Gasteiger partial charge in [0.2, 0.25) is 6.29 Å². The molecule has 1 aromatic carbocycles. The highest BCUT2D eigenvalue weighted by atomic mass is 32.1. The van der Waals surface area contributed by atoms with Crippen LogP contribution in [0.25, 0.3) is 11.3 Å². The second kappa shape index (κ2) is 4.69. The smallest absolute Gasteiger partial charge is 0.269 e. The number of hydrogen-bond acceptors (Lipinski definition) is 6. The second-order valence-electron chi connectivity index (χ2n) is 4.05. The molecule has 0 spiro atoms. The maximum atomic E-state index is 10.6. The zero-order valence-corrected chi connectivity index (χ0v) is 10.8. The minimum atomic E-state index is -0.423. The van der Waals surface area contributed by atoms with E-state index in [1.54, 1.807) is 12.1 Å². The number of benzene rings is 1. The molecule has 19 heavy (non-hydrogen) atoms. The van der Waals surface area contributed by atoms with Crippen molar-refractivity contribution in [1.29, 1.82) is 0 Å². The van der Waals surface area contributed by atoms with E-state index >= 15 is 0 Å². The predicted octanol–water partition coefficient (Wildman–Crippen LogP) is 3.11. The zero-order chi connectivity index (χ0) is 13.4. The minimum Gasteiger partial charge on any atom is -0.317 e. The Balaban J connectivity index is 1.80. The molecule has 1 aliphatic rings. The molecule has 0 amide bonds. The molecule has 0 atom stereocenters. The third-order valence-electron chi connectivity index (χ3n) is 2.73. The fourth-order valence-electron chi connectivity index (χ4n) is 1.76. The molecule has 1 aromatic heterocycles. The van der Waals surface area contributed by atoms with E-state index < -0.39 is 4.92 Å². The van der Waals surface area contributed by atoms with Crippen molar-refractivity contribution in [2.24, 2.45) is 0 Å². The lowest BCUT2D eigenvalue weighted by Crippen LogP contribution is -2.31. The molecule has 0 aliphatic carbocycles. The Morgan fingerprint density at radius 3 is 2.58 bits per heavy atom. The summed E-state index contributed by atoms with van der Waals surface area (Å²) in [6, 6.07) is 6.30. The summed E-state index contributed by atoms with van der Waals surface area (Å²) in [4.78, 5) is 14.6. The van der Waals surface area contributed by atoms with Gasteiger partial charge in [-0.1, -0.05) is 0 Å². The first kappa shape index (κ1) is 12.2. The summed E-state index contributed by atoms with van der Waals surface area (Å²) < 4.78 is 10.7. The highest BCUT2D eigenvalue weighted by Crippen LogP contribution is 2.35. The summed E-state index contributed by atoms with van der Waals surface area (Å²) in [6.07, 6.45) is -0.566. The summed E-state index contributed by atoms with van der Waals surface area (Å²) in [5, 5.41) is 13.2. The monoisotopic (exact) mass is 278 g/mol. The van der Waals surface area contributed by atoms with Crippen LogP contribution in [0.3, 0.4) is 0 Å². The van der Waals surface area contributed by atoms with E-state index in [0.29, 0.717) is 0 Å². The Bertz CT molecular complexity index is 604. The standard InChI is InChI=1S/C12H10N2O4S/c1-7-17-12(18-7)11-13-10(6-19-11)8-2-4-9(5-3-8)14(15)16/h2-7,12H,1H3. The molecule has 3 rings (SSSR count). The third-order valence-corrected chi connectivity index (χ3v) is 3.59. The van der Waals surface area contributed by atoms with Crippen molar-refractivity contribution in [1.82, 2.24) is 4.98 Å². The summed E-state index contributed by atoms with van der Waals surface area (Å²) in [6.45, 7) is 1.82. The van der Waals surface area contributed by atoms with E-state index in [1.165, 1.54) is 23.5 Å². The molecule has 2 heterocycles. The predicted molar refractivity (Wildman–Crippen MR) is 68.6 cm³/mol. The Labute approximate surface area is 112 Å². The average molecular weight is 278 g/mol. The van der Waals surface area contributed by atoms with E-state index in [0.717, 1.165) is 16.3 Å². The zero-order valence-electron chi connectivity index (χ0n) is 9.98. The average Bonchev–Trinajstić information content (AvgIpc) is 2.84. The molecule has 1 aliphatic heterocycles. The molecule has 98 valence electrons. The summed E-state index contributed by atoms with van der Waals surface area (Å²) in [5.74, 6) is 0. The maximum absolute atomic E-state index is 10.6. The van der Waals surface area contributed by atoms with Gasteiger partial charge in [0.05, 0.1) is 10.6 Å². The van der Waals surface area contributed by atoms with Gasteiger partial charge in [-0.25, -0.2) is 4.98 Å². The molecule has 0 unspecified atom stereocenters. The van der Waals surface area contributed by atoms with Crippen LogP contribution in [0.5, 0.6) is 0 Å². The van der Waals surface area contributed by atoms with E-state index in [4.69, 9.17) is 9.47 Å². The number of nitro groups is 1. The molecule has 0 N–H and O–H groups in total. The lowest BCUT2D eigenvalue weighted by atomic mass is 10.1. The van der Waals surface area contributed by atoms with Crippen LogP contribution in [0.1, 0.15) is 18.2 Å². The Morgan fingerprint density at radius 2 is 2.00 bits per heavy atom. The van der Waals surface area contributed by atoms with Crippen molar-refractivity contribution in [3.63, 3.8) is 0 Å². The van der Waals surface area contributed by atoms with E-state index in [2.05, 4.69) is 4.98 Å². The van der Waals surface area contributed by atoms with Gasteiger partial charge < -0.3 is 9.47 Å². The first-order valence-electron chi connectivity index (χ1n) is 5.64. The molecule has 6 nitrogen and oxygen atoms in total. The van der Waals surface area contributed by atoms with Crippen molar-refractivity contribution in [3.8, 4) is 11.3 Å².